The maximum atomic E-state index is 8.23. The number of rotatable bonds is 3. The summed E-state index contributed by atoms with van der Waals surface area (Å²) in [5, 5.41) is 0. The summed E-state index contributed by atoms with van der Waals surface area (Å²) in [6.07, 6.45) is 0. The maximum absolute atomic E-state index is 8.23. The highest BCUT2D eigenvalue weighted by Crippen LogP contribution is 2.76. The van der Waals surface area contributed by atoms with E-state index in [0.29, 0.717) is 0 Å². The van der Waals surface area contributed by atoms with Crippen LogP contribution in [0.5, 0.6) is 0 Å². The highest BCUT2D eigenvalue weighted by atomic mass is 33.5. The molecule has 0 bridgehead atoms. The molecule has 0 aliphatic rings. The molecule has 0 saturated heterocycles. The van der Waals surface area contributed by atoms with Crippen molar-refractivity contribution in [1.29, 1.82) is 0 Å². The Kier molecular flexibility index (Phi) is 4.32. The van der Waals surface area contributed by atoms with Crippen LogP contribution in [0.2, 0.25) is 0 Å². The Morgan fingerprint density at radius 2 is 0.800 bits per heavy atom. The molecule has 0 radical (unpaired) electrons. The summed E-state index contributed by atoms with van der Waals surface area (Å²) in [6, 6.07) is 0. The molecule has 0 heterocycles. The largest absolute Gasteiger partial charge is 0.488 e. The predicted molar refractivity (Wildman–Crippen MR) is 42.3 cm³/mol. The van der Waals surface area contributed by atoms with Crippen LogP contribution in [-0.2, 0) is 0 Å². The summed E-state index contributed by atoms with van der Waals surface area (Å²) in [4.78, 5) is 49.4. The molecule has 0 aromatic rings. The average molecular weight is 228 g/mol. The lowest BCUT2D eigenvalue weighted by Gasteiger charge is -1.99. The fourth-order valence-electron chi connectivity index (χ4n) is 0.0894. The fourth-order valence-corrected chi connectivity index (χ4v) is 7.24. The van der Waals surface area contributed by atoms with E-state index in [0.717, 1.165) is 0 Å². The first-order valence-electron chi connectivity index (χ1n) is 1.73. The van der Waals surface area contributed by atoms with E-state index in [-0.39, 0.29) is 20.8 Å². The van der Waals surface area contributed by atoms with Crippen molar-refractivity contribution in [2.45, 2.75) is 0 Å². The van der Waals surface area contributed by atoms with Crippen LogP contribution in [0.4, 0.5) is 0 Å². The third-order valence-corrected chi connectivity index (χ3v) is 8.10. The van der Waals surface area contributed by atoms with Crippen LogP contribution in [0.25, 0.3) is 0 Å². The van der Waals surface area contributed by atoms with Crippen LogP contribution in [0.1, 0.15) is 0 Å². The van der Waals surface area contributed by atoms with Gasteiger partial charge in [0.05, 0.1) is 0 Å². The Balaban J connectivity index is 3.56. The zero-order valence-electron chi connectivity index (χ0n) is 4.39. The minimum absolute atomic E-state index is 0.0343. The molecule has 0 aliphatic carbocycles. The van der Waals surface area contributed by atoms with Gasteiger partial charge in [0.25, 0.3) is 0 Å². The van der Waals surface area contributed by atoms with Crippen molar-refractivity contribution in [2.24, 2.45) is 0 Å². The molecule has 0 saturated carbocycles. The molecular weight excluding hydrogens is 222 g/mol. The number of hydrogen-bond acceptors (Lipinski definition) is 8. The quantitative estimate of drug-likeness (QED) is 0.287. The smallest absolute Gasteiger partial charge is 0.183 e. The maximum Gasteiger partial charge on any atom is 0.488 e. The third-order valence-electron chi connectivity index (χ3n) is 0.233. The van der Waals surface area contributed by atoms with E-state index >= 15 is 0 Å². The monoisotopic (exact) mass is 228 g/mol. The zero-order valence-corrected chi connectivity index (χ0v) is 7.82. The molecule has 0 amide bonds. The van der Waals surface area contributed by atoms with Gasteiger partial charge < -0.3 is 0 Å². The molecule has 6 N–H and O–H groups in total. The minimum Gasteiger partial charge on any atom is -0.183 e. The molecule has 6 nitrogen and oxygen atoms in total. The van der Waals surface area contributed by atoms with Gasteiger partial charge in [-0.05, 0) is 0 Å². The molecule has 10 heteroatoms. The van der Waals surface area contributed by atoms with Crippen molar-refractivity contribution < 1.29 is 29.4 Å². The zero-order chi connectivity index (χ0) is 8.41. The molecule has 0 aromatic heterocycles. The van der Waals surface area contributed by atoms with Crippen molar-refractivity contribution in [3.8, 4) is 0 Å². The average Bonchev–Trinajstić information content (AvgIpc) is 1.57. The summed E-state index contributed by atoms with van der Waals surface area (Å²) in [6.45, 7) is 0. The van der Waals surface area contributed by atoms with Crippen LogP contribution >= 0.6 is 35.1 Å². The van der Waals surface area contributed by atoms with Gasteiger partial charge in [-0.3, -0.25) is 0 Å². The Morgan fingerprint density at radius 3 is 0.900 bits per heavy atom. The van der Waals surface area contributed by atoms with Crippen molar-refractivity contribution >= 4 is 35.1 Å². The third kappa shape index (κ3) is 9.32. The van der Waals surface area contributed by atoms with Gasteiger partial charge >= 0.3 is 14.3 Å². The van der Waals surface area contributed by atoms with Crippen LogP contribution in [0, 0.1) is 0 Å². The number of hydrogen-bond donors (Lipinski definition) is 6. The lowest BCUT2D eigenvalue weighted by molar-refractivity contribution is 0.355. The predicted octanol–water partition coefficient (Wildman–Crippen LogP) is -0.323. The molecule has 0 rings (SSSR count). The van der Waals surface area contributed by atoms with Crippen molar-refractivity contribution in [2.75, 3.05) is 0 Å². The molecule has 10 heavy (non-hydrogen) atoms. The second-order valence-electron chi connectivity index (χ2n) is 1.18. The Bertz CT molecular complexity index is 87.3. The summed E-state index contributed by atoms with van der Waals surface area (Å²) in [5.41, 5.74) is 0. The van der Waals surface area contributed by atoms with Gasteiger partial charge in [-0.2, -0.15) is 29.4 Å². The second kappa shape index (κ2) is 3.82. The molecular formula is H6O6P2S2+2. The first-order valence-corrected chi connectivity index (χ1v) is 8.39. The van der Waals surface area contributed by atoms with E-state index in [1.54, 1.807) is 0 Å². The standard InChI is InChI=1S/H6O6P2S2/c1-7(2,3)9-10-8(4,5)6/h1-6H/q+2. The first kappa shape index (κ1) is 11.3. The topological polar surface area (TPSA) is 121 Å². The highest BCUT2D eigenvalue weighted by Gasteiger charge is 2.46. The minimum atomic E-state index is -4.08. The summed E-state index contributed by atoms with van der Waals surface area (Å²) in [5.74, 6) is 0. The van der Waals surface area contributed by atoms with Gasteiger partial charge in [-0.25, -0.2) is 0 Å². The fraction of sp³-hybridized carbons (Fsp3) is 0. The highest BCUT2D eigenvalue weighted by molar-refractivity contribution is 9.13. The molecule has 0 aromatic carbocycles. The lowest BCUT2D eigenvalue weighted by Crippen LogP contribution is -1.80. The van der Waals surface area contributed by atoms with Gasteiger partial charge in [-0.1, -0.05) is 0 Å². The van der Waals surface area contributed by atoms with Gasteiger partial charge in [-0.15, -0.1) is 0 Å². The normalized spacial score (nSPS) is 13.8. The van der Waals surface area contributed by atoms with E-state index in [4.69, 9.17) is 29.4 Å². The molecule has 0 aliphatic heterocycles. The van der Waals surface area contributed by atoms with E-state index < -0.39 is 14.3 Å². The SMILES string of the molecule is O[P+](O)(O)SS[P+](O)(O)O. The van der Waals surface area contributed by atoms with Gasteiger partial charge in [0, 0.05) is 0 Å². The summed E-state index contributed by atoms with van der Waals surface area (Å²) >= 11 is 0. The van der Waals surface area contributed by atoms with E-state index in [1.165, 1.54) is 0 Å². The molecule has 0 spiro atoms. The second-order valence-corrected chi connectivity index (χ2v) is 10.0. The Hall–Kier alpha value is 1.32. The van der Waals surface area contributed by atoms with Gasteiger partial charge in [0.1, 0.15) is 0 Å². The van der Waals surface area contributed by atoms with Crippen molar-refractivity contribution in [3.05, 3.63) is 0 Å². The van der Waals surface area contributed by atoms with Crippen molar-refractivity contribution in [1.82, 2.24) is 0 Å². The molecule has 0 unspecified atom stereocenters. The first-order chi connectivity index (χ1) is 4.21. The van der Waals surface area contributed by atoms with E-state index in [1.807, 2.05) is 0 Å². The Morgan fingerprint density at radius 1 is 0.600 bits per heavy atom. The molecule has 0 atom stereocenters. The summed E-state index contributed by atoms with van der Waals surface area (Å²) in [7, 11) is -8.10. The van der Waals surface area contributed by atoms with E-state index in [2.05, 4.69) is 0 Å². The summed E-state index contributed by atoms with van der Waals surface area (Å²) < 4.78 is 0. The Labute approximate surface area is 65.0 Å². The van der Waals surface area contributed by atoms with Gasteiger partial charge in [0.15, 0.2) is 0 Å². The van der Waals surface area contributed by atoms with Crippen molar-refractivity contribution in [3.63, 3.8) is 0 Å². The van der Waals surface area contributed by atoms with E-state index in [9.17, 15) is 0 Å². The van der Waals surface area contributed by atoms with Crippen LogP contribution in [0.3, 0.4) is 0 Å². The molecule has 62 valence electrons. The lowest BCUT2D eigenvalue weighted by atomic mass is 15.8. The van der Waals surface area contributed by atoms with Crippen LogP contribution in [-0.4, -0.2) is 29.4 Å². The molecule has 0 fully saturated rings. The van der Waals surface area contributed by atoms with Gasteiger partial charge in [0.2, 0.25) is 20.8 Å². The van der Waals surface area contributed by atoms with Crippen LogP contribution < -0.4 is 0 Å². The van der Waals surface area contributed by atoms with Crippen LogP contribution in [0.15, 0.2) is 0 Å².